The lowest BCUT2D eigenvalue weighted by molar-refractivity contribution is -0.124. The molecule has 0 heterocycles. The molecule has 0 fully saturated rings. The van der Waals surface area contributed by atoms with Gasteiger partial charge in [0.05, 0.1) is 5.56 Å². The summed E-state index contributed by atoms with van der Waals surface area (Å²) in [7, 11) is 1.56. The zero-order valence-corrected chi connectivity index (χ0v) is 24.5. The number of amides is 1. The fourth-order valence-electron chi connectivity index (χ4n) is 3.56. The van der Waals surface area contributed by atoms with E-state index in [9.17, 15) is 14.7 Å². The Labute approximate surface area is 240 Å². The van der Waals surface area contributed by atoms with Crippen LogP contribution in [0.2, 0.25) is 0 Å². The van der Waals surface area contributed by atoms with Crippen LogP contribution >= 0.6 is 11.8 Å². The lowest BCUT2D eigenvalue weighted by Gasteiger charge is -2.14. The van der Waals surface area contributed by atoms with Crippen LogP contribution in [0.5, 0.6) is 5.75 Å². The molecule has 1 amide bonds. The van der Waals surface area contributed by atoms with Gasteiger partial charge in [-0.1, -0.05) is 79.8 Å². The summed E-state index contributed by atoms with van der Waals surface area (Å²) in [5, 5.41) is 12.5. The smallest absolute Gasteiger partial charge is 0.255 e. The second-order valence-corrected chi connectivity index (χ2v) is 10.2. The highest BCUT2D eigenvalue weighted by molar-refractivity contribution is 8.00. The molecule has 0 aromatic heterocycles. The number of phenolic OH excluding ortho intramolecular Hbond substituents is 1. The Balaban J connectivity index is 2.05. The number of rotatable bonds is 22. The normalized spacial score (nSPS) is 13.0. The van der Waals surface area contributed by atoms with Gasteiger partial charge < -0.3 is 15.2 Å². The molecule has 0 radical (unpaired) electrons. The number of nitrogens with one attached hydrogen (secondary N) is 1. The molecule has 2 N–H and O–H groups in total. The molecule has 1 rings (SSSR count). The number of phenols is 1. The Hall–Kier alpha value is -2.83. The summed E-state index contributed by atoms with van der Waals surface area (Å²) in [5.74, 6) is 0.519. The molecule has 1 aromatic carbocycles. The third kappa shape index (κ3) is 18.2. The predicted octanol–water partition coefficient (Wildman–Crippen LogP) is 8.10. The maximum atomic E-state index is 12.4. The van der Waals surface area contributed by atoms with Gasteiger partial charge in [-0.05, 0) is 75.7 Å². The summed E-state index contributed by atoms with van der Waals surface area (Å²) in [6.45, 7) is 2.52. The molecule has 0 bridgehead atoms. The third-order valence-electron chi connectivity index (χ3n) is 5.70. The van der Waals surface area contributed by atoms with Gasteiger partial charge >= 0.3 is 0 Å². The zero-order valence-electron chi connectivity index (χ0n) is 23.7. The SMILES string of the molecule is CC/C=C\C/C=C\C/C=C\C/C=C\C/C=C\CCCCSC(OC)C(=O)CCCNC(=O)c1ccccc1O. The Morgan fingerprint density at radius 3 is 2.05 bits per heavy atom. The number of carbonyl (C=O) groups is 2. The Morgan fingerprint density at radius 1 is 0.872 bits per heavy atom. The number of aromatic hydroxyl groups is 1. The highest BCUT2D eigenvalue weighted by Gasteiger charge is 2.17. The zero-order chi connectivity index (χ0) is 28.4. The maximum Gasteiger partial charge on any atom is 0.255 e. The number of allylic oxidation sites excluding steroid dienone is 10. The molecule has 0 aliphatic rings. The Kier molecular flexibility index (Phi) is 21.2. The minimum atomic E-state index is -0.465. The summed E-state index contributed by atoms with van der Waals surface area (Å²) in [6.07, 6.45) is 31.1. The first-order valence-corrected chi connectivity index (χ1v) is 15.1. The van der Waals surface area contributed by atoms with E-state index >= 15 is 0 Å². The van der Waals surface area contributed by atoms with E-state index in [0.29, 0.717) is 19.4 Å². The van der Waals surface area contributed by atoms with Crippen molar-refractivity contribution in [1.29, 1.82) is 0 Å². The van der Waals surface area contributed by atoms with E-state index < -0.39 is 5.44 Å². The molecule has 1 aromatic rings. The van der Waals surface area contributed by atoms with Crippen LogP contribution in [-0.2, 0) is 9.53 Å². The first kappa shape index (κ1) is 34.2. The average Bonchev–Trinajstić information content (AvgIpc) is 2.94. The first-order valence-electron chi connectivity index (χ1n) is 14.1. The minimum absolute atomic E-state index is 0.0390. The van der Waals surface area contributed by atoms with Gasteiger partial charge in [0.25, 0.3) is 5.91 Å². The van der Waals surface area contributed by atoms with Gasteiger partial charge in [-0.15, -0.1) is 11.8 Å². The molecule has 0 saturated carbocycles. The number of ether oxygens (including phenoxy) is 1. The molecule has 0 aliphatic heterocycles. The summed E-state index contributed by atoms with van der Waals surface area (Å²) in [4.78, 5) is 24.5. The van der Waals surface area contributed by atoms with Crippen molar-refractivity contribution in [2.45, 2.75) is 76.6 Å². The number of hydrogen-bond acceptors (Lipinski definition) is 5. The lowest BCUT2D eigenvalue weighted by Crippen LogP contribution is -2.26. The van der Waals surface area contributed by atoms with Crippen molar-refractivity contribution in [3.63, 3.8) is 0 Å². The van der Waals surface area contributed by atoms with Crippen LogP contribution in [0.25, 0.3) is 0 Å². The largest absolute Gasteiger partial charge is 0.507 e. The number of hydrogen-bond donors (Lipinski definition) is 2. The molecule has 6 heteroatoms. The van der Waals surface area contributed by atoms with E-state index in [1.807, 2.05) is 0 Å². The standard InChI is InChI=1S/C33H47NO4S/c1-3-4-5-6-7-8-9-10-11-12-13-14-15-16-17-18-19-22-28-39-33(38-2)31(36)26-23-27-34-32(37)29-24-20-21-25-30(29)35/h4-5,7-8,10-11,13-14,16-17,20-21,24-25,33,35H,3,6,9,12,15,18-19,22-23,26-28H2,1-2H3,(H,34,37)/b5-4-,8-7-,11-10-,14-13-,17-16-. The highest BCUT2D eigenvalue weighted by atomic mass is 32.2. The summed E-state index contributed by atoms with van der Waals surface area (Å²) < 4.78 is 5.37. The number of Topliss-reactive ketones (excluding diaryl/α,β-unsaturated/α-hetero) is 1. The fraction of sp³-hybridized carbons (Fsp3) is 0.455. The van der Waals surface area contributed by atoms with Gasteiger partial charge in [-0.25, -0.2) is 0 Å². The molecule has 5 nitrogen and oxygen atoms in total. The second kappa shape index (κ2) is 24.2. The summed E-state index contributed by atoms with van der Waals surface area (Å²) >= 11 is 1.54. The molecule has 0 aliphatic carbocycles. The van der Waals surface area contributed by atoms with Crippen LogP contribution in [0.4, 0.5) is 0 Å². The number of benzene rings is 1. The monoisotopic (exact) mass is 553 g/mol. The molecular formula is C33H47NO4S. The van der Waals surface area contributed by atoms with Crippen LogP contribution in [0, 0.1) is 0 Å². The van der Waals surface area contributed by atoms with E-state index in [4.69, 9.17) is 4.74 Å². The number of unbranched alkanes of at least 4 members (excludes halogenated alkanes) is 2. The van der Waals surface area contributed by atoms with Crippen molar-refractivity contribution >= 4 is 23.5 Å². The molecule has 1 atom stereocenters. The fourth-order valence-corrected chi connectivity index (χ4v) is 4.58. The number of ketones is 1. The molecule has 1 unspecified atom stereocenters. The van der Waals surface area contributed by atoms with Crippen LogP contribution in [0.3, 0.4) is 0 Å². The van der Waals surface area contributed by atoms with Crippen molar-refractivity contribution in [1.82, 2.24) is 5.32 Å². The van der Waals surface area contributed by atoms with Crippen LogP contribution in [-0.4, -0.2) is 41.6 Å². The van der Waals surface area contributed by atoms with E-state index in [2.05, 4.69) is 73.0 Å². The highest BCUT2D eigenvalue weighted by Crippen LogP contribution is 2.18. The number of thioether (sulfide) groups is 1. The van der Waals surface area contributed by atoms with E-state index in [-0.39, 0.29) is 23.0 Å². The maximum absolute atomic E-state index is 12.4. The summed E-state index contributed by atoms with van der Waals surface area (Å²) in [5.41, 5.74) is -0.230. The number of methoxy groups -OCH3 is 1. The van der Waals surface area contributed by atoms with Crippen molar-refractivity contribution in [3.05, 3.63) is 90.6 Å². The molecule has 0 spiro atoms. The minimum Gasteiger partial charge on any atom is -0.507 e. The van der Waals surface area contributed by atoms with E-state index in [1.165, 1.54) is 6.07 Å². The Morgan fingerprint density at radius 2 is 1.46 bits per heavy atom. The van der Waals surface area contributed by atoms with Crippen LogP contribution in [0.1, 0.15) is 81.5 Å². The van der Waals surface area contributed by atoms with Gasteiger partial charge in [0, 0.05) is 20.1 Å². The van der Waals surface area contributed by atoms with Gasteiger partial charge in [0.15, 0.2) is 11.2 Å². The lowest BCUT2D eigenvalue weighted by atomic mass is 10.2. The second-order valence-electron chi connectivity index (χ2n) is 8.99. The van der Waals surface area contributed by atoms with Crippen molar-refractivity contribution in [2.24, 2.45) is 0 Å². The number of carbonyl (C=O) groups excluding carboxylic acids is 2. The summed E-state index contributed by atoms with van der Waals surface area (Å²) in [6, 6.07) is 6.40. The Bertz CT molecular complexity index is 949. The van der Waals surface area contributed by atoms with Gasteiger partial charge in [-0.2, -0.15) is 0 Å². The average molecular weight is 554 g/mol. The molecular weight excluding hydrogens is 506 g/mol. The van der Waals surface area contributed by atoms with Crippen LogP contribution in [0.15, 0.2) is 85.0 Å². The predicted molar refractivity (Wildman–Crippen MR) is 166 cm³/mol. The van der Waals surface area contributed by atoms with Crippen molar-refractivity contribution in [2.75, 3.05) is 19.4 Å². The van der Waals surface area contributed by atoms with Crippen molar-refractivity contribution < 1.29 is 19.4 Å². The van der Waals surface area contributed by atoms with Crippen molar-refractivity contribution in [3.8, 4) is 5.75 Å². The molecule has 0 saturated heterocycles. The quantitative estimate of drug-likeness (QED) is 0.0862. The topological polar surface area (TPSA) is 75.6 Å². The van der Waals surface area contributed by atoms with Gasteiger partial charge in [0.2, 0.25) is 0 Å². The van der Waals surface area contributed by atoms with E-state index in [1.54, 1.807) is 37.1 Å². The van der Waals surface area contributed by atoms with Gasteiger partial charge in [-0.3, -0.25) is 9.59 Å². The van der Waals surface area contributed by atoms with Gasteiger partial charge in [0.1, 0.15) is 5.75 Å². The molecule has 39 heavy (non-hydrogen) atoms. The first-order chi connectivity index (χ1) is 19.1. The van der Waals surface area contributed by atoms with E-state index in [0.717, 1.165) is 57.1 Å². The number of para-hydroxylation sites is 1. The van der Waals surface area contributed by atoms with Crippen LogP contribution < -0.4 is 5.32 Å². The molecule has 214 valence electrons. The third-order valence-corrected chi connectivity index (χ3v) is 6.99.